The number of urea groups is 1. The monoisotopic (exact) mass is 308 g/mol. The molecule has 0 fully saturated rings. The van der Waals surface area contributed by atoms with Crippen molar-refractivity contribution < 1.29 is 14.6 Å². The van der Waals surface area contributed by atoms with Crippen molar-refractivity contribution in [3.8, 4) is 11.5 Å². The maximum absolute atomic E-state index is 11.6. The van der Waals surface area contributed by atoms with E-state index in [1.165, 1.54) is 32.8 Å². The number of rotatable bonds is 10. The predicted molar refractivity (Wildman–Crippen MR) is 88.0 cm³/mol. The molecule has 0 atom stereocenters. The zero-order chi connectivity index (χ0) is 16.4. The Morgan fingerprint density at radius 1 is 1.23 bits per heavy atom. The van der Waals surface area contributed by atoms with Gasteiger partial charge in [0.2, 0.25) is 0 Å². The van der Waals surface area contributed by atoms with Gasteiger partial charge < -0.3 is 20.5 Å². The number of hydrogen-bond acceptors (Lipinski definition) is 3. The highest BCUT2D eigenvalue weighted by Crippen LogP contribution is 2.26. The molecule has 5 heteroatoms. The summed E-state index contributed by atoms with van der Waals surface area (Å²) in [5.74, 6) is 0.495. The van der Waals surface area contributed by atoms with E-state index in [2.05, 4.69) is 6.92 Å². The summed E-state index contributed by atoms with van der Waals surface area (Å²) >= 11 is 0. The van der Waals surface area contributed by atoms with Crippen molar-refractivity contribution in [1.82, 2.24) is 4.90 Å². The highest BCUT2D eigenvalue weighted by molar-refractivity contribution is 5.72. The summed E-state index contributed by atoms with van der Waals surface area (Å²) < 4.78 is 5.08. The van der Waals surface area contributed by atoms with E-state index in [-0.39, 0.29) is 5.75 Å². The lowest BCUT2D eigenvalue weighted by Gasteiger charge is -2.21. The average Bonchev–Trinajstić information content (AvgIpc) is 2.50. The molecule has 2 amide bonds. The first kappa shape index (κ1) is 18.1. The molecule has 0 heterocycles. The molecule has 0 aliphatic rings. The van der Waals surface area contributed by atoms with Crippen molar-refractivity contribution in [1.29, 1.82) is 0 Å². The molecule has 0 saturated carbocycles. The average molecular weight is 308 g/mol. The molecule has 0 radical (unpaired) electrons. The van der Waals surface area contributed by atoms with E-state index in [0.717, 1.165) is 18.4 Å². The predicted octanol–water partition coefficient (Wildman–Crippen LogP) is 3.64. The number of methoxy groups -OCH3 is 1. The quantitative estimate of drug-likeness (QED) is 0.648. The standard InChI is InChI=1S/C17H28N2O3/c1-3-4-5-6-7-8-11-19(17(18)21)13-14-9-10-15(20)16(12-14)22-2/h9-10,12,20H,3-8,11,13H2,1-2H3,(H2,18,21). The molecule has 1 aromatic carbocycles. The van der Waals surface area contributed by atoms with Crippen LogP contribution in [-0.4, -0.2) is 29.7 Å². The van der Waals surface area contributed by atoms with Crippen LogP contribution in [0.1, 0.15) is 51.0 Å². The van der Waals surface area contributed by atoms with Gasteiger partial charge in [-0.15, -0.1) is 0 Å². The second-order valence-corrected chi connectivity index (χ2v) is 5.53. The van der Waals surface area contributed by atoms with Gasteiger partial charge in [0.1, 0.15) is 0 Å². The smallest absolute Gasteiger partial charge is 0.315 e. The molecule has 0 bridgehead atoms. The zero-order valence-corrected chi connectivity index (χ0v) is 13.7. The lowest BCUT2D eigenvalue weighted by atomic mass is 10.1. The number of carbonyl (C=O) groups excluding carboxylic acids is 1. The van der Waals surface area contributed by atoms with Crippen LogP contribution in [0.25, 0.3) is 0 Å². The minimum absolute atomic E-state index is 0.0906. The third-order valence-corrected chi connectivity index (χ3v) is 3.71. The van der Waals surface area contributed by atoms with Crippen LogP contribution in [0.15, 0.2) is 18.2 Å². The topological polar surface area (TPSA) is 75.8 Å². The first-order valence-electron chi connectivity index (χ1n) is 7.98. The number of ether oxygens (including phenoxy) is 1. The molecule has 0 unspecified atom stereocenters. The Morgan fingerprint density at radius 3 is 2.55 bits per heavy atom. The molecule has 3 N–H and O–H groups in total. The van der Waals surface area contributed by atoms with Crippen LogP contribution in [0.3, 0.4) is 0 Å². The molecular weight excluding hydrogens is 280 g/mol. The first-order chi connectivity index (χ1) is 10.6. The Labute approximate surface area is 133 Å². The van der Waals surface area contributed by atoms with Crippen molar-refractivity contribution in [2.24, 2.45) is 5.73 Å². The number of hydrogen-bond donors (Lipinski definition) is 2. The fourth-order valence-corrected chi connectivity index (χ4v) is 2.39. The number of aromatic hydroxyl groups is 1. The van der Waals surface area contributed by atoms with Crippen LogP contribution in [0, 0.1) is 0 Å². The van der Waals surface area contributed by atoms with Crippen LogP contribution in [0.5, 0.6) is 11.5 Å². The minimum atomic E-state index is -0.416. The number of unbranched alkanes of at least 4 members (excludes halogenated alkanes) is 5. The van der Waals surface area contributed by atoms with Gasteiger partial charge in [-0.3, -0.25) is 0 Å². The minimum Gasteiger partial charge on any atom is -0.504 e. The Kier molecular flexibility index (Phi) is 8.18. The number of phenolic OH excluding ortho intramolecular Hbond substituents is 1. The third kappa shape index (κ3) is 6.24. The van der Waals surface area contributed by atoms with Crippen molar-refractivity contribution in [2.75, 3.05) is 13.7 Å². The number of nitrogens with two attached hydrogens (primary N) is 1. The number of benzene rings is 1. The van der Waals surface area contributed by atoms with Gasteiger partial charge in [-0.2, -0.15) is 0 Å². The van der Waals surface area contributed by atoms with Crippen molar-refractivity contribution >= 4 is 6.03 Å². The van der Waals surface area contributed by atoms with Gasteiger partial charge in [0.05, 0.1) is 7.11 Å². The van der Waals surface area contributed by atoms with Crippen LogP contribution in [0.2, 0.25) is 0 Å². The first-order valence-corrected chi connectivity index (χ1v) is 7.98. The molecule has 0 aromatic heterocycles. The number of carbonyl (C=O) groups is 1. The lowest BCUT2D eigenvalue weighted by molar-refractivity contribution is 0.203. The van der Waals surface area contributed by atoms with E-state index in [0.29, 0.717) is 18.8 Å². The summed E-state index contributed by atoms with van der Waals surface area (Å²) in [5, 5.41) is 9.59. The maximum Gasteiger partial charge on any atom is 0.315 e. The van der Waals surface area contributed by atoms with Gasteiger partial charge in [0.25, 0.3) is 0 Å². The lowest BCUT2D eigenvalue weighted by Crippen LogP contribution is -2.35. The second kappa shape index (κ2) is 9.92. The van der Waals surface area contributed by atoms with Crippen molar-refractivity contribution in [3.05, 3.63) is 23.8 Å². The molecular formula is C17H28N2O3. The number of phenols is 1. The highest BCUT2D eigenvalue weighted by Gasteiger charge is 2.11. The Morgan fingerprint density at radius 2 is 1.91 bits per heavy atom. The molecule has 0 aliphatic carbocycles. The summed E-state index contributed by atoms with van der Waals surface area (Å²) in [6.07, 6.45) is 7.03. The van der Waals surface area contributed by atoms with Gasteiger partial charge in [0.15, 0.2) is 11.5 Å². The van der Waals surface area contributed by atoms with Gasteiger partial charge in [0, 0.05) is 13.1 Å². The van der Waals surface area contributed by atoms with Gasteiger partial charge in [-0.25, -0.2) is 4.79 Å². The molecule has 0 aliphatic heterocycles. The SMILES string of the molecule is CCCCCCCCN(Cc1ccc(O)c(OC)c1)C(N)=O. The van der Waals surface area contributed by atoms with Crippen LogP contribution >= 0.6 is 0 Å². The molecule has 0 saturated heterocycles. The van der Waals surface area contributed by atoms with Gasteiger partial charge in [-0.05, 0) is 24.1 Å². The summed E-state index contributed by atoms with van der Waals surface area (Å²) in [6.45, 7) is 3.28. The number of amides is 2. The van der Waals surface area contributed by atoms with E-state index in [9.17, 15) is 9.90 Å². The second-order valence-electron chi connectivity index (χ2n) is 5.53. The highest BCUT2D eigenvalue weighted by atomic mass is 16.5. The molecule has 1 rings (SSSR count). The molecule has 1 aromatic rings. The maximum atomic E-state index is 11.6. The van der Waals surface area contributed by atoms with Gasteiger partial charge >= 0.3 is 6.03 Å². The van der Waals surface area contributed by atoms with E-state index in [1.807, 2.05) is 0 Å². The summed E-state index contributed by atoms with van der Waals surface area (Å²) in [4.78, 5) is 13.2. The normalized spacial score (nSPS) is 10.5. The van der Waals surface area contributed by atoms with Crippen LogP contribution < -0.4 is 10.5 Å². The van der Waals surface area contributed by atoms with E-state index in [4.69, 9.17) is 10.5 Å². The molecule has 5 nitrogen and oxygen atoms in total. The van der Waals surface area contributed by atoms with Crippen molar-refractivity contribution in [2.45, 2.75) is 52.0 Å². The van der Waals surface area contributed by atoms with Gasteiger partial charge in [-0.1, -0.05) is 45.1 Å². The number of primary amides is 1. The van der Waals surface area contributed by atoms with E-state index >= 15 is 0 Å². The Hall–Kier alpha value is -1.91. The third-order valence-electron chi connectivity index (χ3n) is 3.71. The Balaban J connectivity index is 2.48. The fourth-order valence-electron chi connectivity index (χ4n) is 2.39. The number of nitrogens with zero attached hydrogens (tertiary/aromatic N) is 1. The van der Waals surface area contributed by atoms with E-state index in [1.54, 1.807) is 23.1 Å². The zero-order valence-electron chi connectivity index (χ0n) is 13.7. The summed E-state index contributed by atoms with van der Waals surface area (Å²) in [5.41, 5.74) is 6.34. The largest absolute Gasteiger partial charge is 0.504 e. The molecule has 0 spiro atoms. The molecule has 124 valence electrons. The van der Waals surface area contributed by atoms with Crippen molar-refractivity contribution in [3.63, 3.8) is 0 Å². The fraction of sp³-hybridized carbons (Fsp3) is 0.588. The summed E-state index contributed by atoms with van der Waals surface area (Å²) in [7, 11) is 1.50. The van der Waals surface area contributed by atoms with Crippen LogP contribution in [0.4, 0.5) is 4.79 Å². The molecule has 22 heavy (non-hydrogen) atoms. The van der Waals surface area contributed by atoms with Crippen LogP contribution in [-0.2, 0) is 6.54 Å². The summed E-state index contributed by atoms with van der Waals surface area (Å²) in [6, 6.07) is 4.65. The Bertz CT molecular complexity index is 463. The van der Waals surface area contributed by atoms with E-state index < -0.39 is 6.03 Å².